The van der Waals surface area contributed by atoms with Crippen LogP contribution in [-0.4, -0.2) is 7.11 Å². The van der Waals surface area contributed by atoms with E-state index in [0.717, 1.165) is 18.4 Å². The van der Waals surface area contributed by atoms with Crippen LogP contribution in [0.4, 0.5) is 4.39 Å². The lowest BCUT2D eigenvalue weighted by Gasteiger charge is -2.31. The van der Waals surface area contributed by atoms with E-state index < -0.39 is 0 Å². The quantitative estimate of drug-likeness (QED) is 0.874. The maximum atomic E-state index is 13.6. The molecule has 2 rings (SSSR count). The minimum absolute atomic E-state index is 0.0922. The van der Waals surface area contributed by atoms with Gasteiger partial charge in [0, 0.05) is 6.04 Å². The van der Waals surface area contributed by atoms with E-state index in [1.807, 2.05) is 6.07 Å². The number of hydrogen-bond donors (Lipinski definition) is 1. The molecule has 0 amide bonds. The predicted octanol–water partition coefficient (Wildman–Crippen LogP) is 3.41. The molecule has 2 nitrogen and oxygen atoms in total. The van der Waals surface area contributed by atoms with Crippen molar-refractivity contribution < 1.29 is 9.13 Å². The minimum atomic E-state index is -0.331. The summed E-state index contributed by atoms with van der Waals surface area (Å²) >= 11 is 0. The molecule has 1 fully saturated rings. The zero-order valence-corrected chi connectivity index (χ0v) is 10.5. The summed E-state index contributed by atoms with van der Waals surface area (Å²) < 4.78 is 18.6. The fourth-order valence-corrected chi connectivity index (χ4v) is 2.77. The van der Waals surface area contributed by atoms with Crippen molar-refractivity contribution in [2.75, 3.05) is 7.11 Å². The van der Waals surface area contributed by atoms with Crippen molar-refractivity contribution >= 4 is 0 Å². The van der Waals surface area contributed by atoms with Crippen molar-refractivity contribution in [3.63, 3.8) is 0 Å². The van der Waals surface area contributed by atoms with E-state index in [-0.39, 0.29) is 23.0 Å². The third-order valence-corrected chi connectivity index (χ3v) is 4.03. The van der Waals surface area contributed by atoms with E-state index in [2.05, 4.69) is 6.92 Å². The molecule has 1 unspecified atom stereocenters. The van der Waals surface area contributed by atoms with Gasteiger partial charge in [0.05, 0.1) is 7.11 Å². The van der Waals surface area contributed by atoms with E-state index in [0.29, 0.717) is 0 Å². The average Bonchev–Trinajstić information content (AvgIpc) is 2.76. The molecule has 1 aliphatic carbocycles. The lowest BCUT2D eigenvalue weighted by atomic mass is 9.78. The Labute approximate surface area is 102 Å². The zero-order chi connectivity index (χ0) is 12.5. The Kier molecular flexibility index (Phi) is 3.38. The third kappa shape index (κ3) is 2.29. The molecule has 1 aliphatic rings. The molecule has 1 atom stereocenters. The highest BCUT2D eigenvalue weighted by molar-refractivity contribution is 5.31. The standard InChI is InChI=1S/C14H20FNO/c1-14(7-3-4-8-14)13(16)10-5-6-12(17-2)11(15)9-10/h5-6,9,13H,3-4,7-8,16H2,1-2H3. The summed E-state index contributed by atoms with van der Waals surface area (Å²) in [6, 6.07) is 4.94. The first-order valence-electron chi connectivity index (χ1n) is 6.16. The number of halogens is 1. The number of hydrogen-bond acceptors (Lipinski definition) is 2. The highest BCUT2D eigenvalue weighted by atomic mass is 19.1. The molecule has 1 aromatic carbocycles. The first kappa shape index (κ1) is 12.4. The Bertz CT molecular complexity index is 399. The molecule has 94 valence electrons. The van der Waals surface area contributed by atoms with Crippen molar-refractivity contribution in [1.29, 1.82) is 0 Å². The summed E-state index contributed by atoms with van der Waals surface area (Å²) in [7, 11) is 1.47. The molecule has 3 heteroatoms. The van der Waals surface area contributed by atoms with Crippen molar-refractivity contribution in [3.05, 3.63) is 29.6 Å². The van der Waals surface area contributed by atoms with Crippen LogP contribution >= 0.6 is 0 Å². The van der Waals surface area contributed by atoms with Crippen LogP contribution < -0.4 is 10.5 Å². The Morgan fingerprint density at radius 1 is 1.35 bits per heavy atom. The van der Waals surface area contributed by atoms with Crippen LogP contribution in [0.5, 0.6) is 5.75 Å². The molecule has 1 saturated carbocycles. The van der Waals surface area contributed by atoms with Gasteiger partial charge in [-0.2, -0.15) is 0 Å². The van der Waals surface area contributed by atoms with Gasteiger partial charge >= 0.3 is 0 Å². The van der Waals surface area contributed by atoms with E-state index in [9.17, 15) is 4.39 Å². The highest BCUT2D eigenvalue weighted by Crippen LogP contribution is 2.46. The molecule has 1 aromatic rings. The predicted molar refractivity (Wildman–Crippen MR) is 66.5 cm³/mol. The molecule has 17 heavy (non-hydrogen) atoms. The Balaban J connectivity index is 2.25. The van der Waals surface area contributed by atoms with Crippen LogP contribution in [-0.2, 0) is 0 Å². The maximum absolute atomic E-state index is 13.6. The van der Waals surface area contributed by atoms with Crippen LogP contribution in [0.15, 0.2) is 18.2 Å². The molecule has 0 aliphatic heterocycles. The van der Waals surface area contributed by atoms with Crippen molar-refractivity contribution in [3.8, 4) is 5.75 Å². The summed E-state index contributed by atoms with van der Waals surface area (Å²) in [5, 5.41) is 0. The average molecular weight is 237 g/mol. The van der Waals surface area contributed by atoms with Crippen LogP contribution in [0.2, 0.25) is 0 Å². The number of rotatable bonds is 3. The lowest BCUT2D eigenvalue weighted by Crippen LogP contribution is -2.29. The smallest absolute Gasteiger partial charge is 0.165 e. The van der Waals surface area contributed by atoms with Crippen molar-refractivity contribution in [2.24, 2.45) is 11.1 Å². The van der Waals surface area contributed by atoms with Crippen molar-refractivity contribution in [2.45, 2.75) is 38.6 Å². The van der Waals surface area contributed by atoms with E-state index >= 15 is 0 Å². The van der Waals surface area contributed by atoms with Crippen LogP contribution in [0.1, 0.15) is 44.2 Å². The van der Waals surface area contributed by atoms with Gasteiger partial charge in [0.15, 0.2) is 11.6 Å². The second-order valence-corrected chi connectivity index (χ2v) is 5.23. The molecule has 0 bridgehead atoms. The Morgan fingerprint density at radius 2 is 2.00 bits per heavy atom. The molecule has 0 radical (unpaired) electrons. The van der Waals surface area contributed by atoms with Gasteiger partial charge in [-0.25, -0.2) is 4.39 Å². The minimum Gasteiger partial charge on any atom is -0.494 e. The van der Waals surface area contributed by atoms with E-state index in [4.69, 9.17) is 10.5 Å². The number of ether oxygens (including phenoxy) is 1. The summed E-state index contributed by atoms with van der Waals surface area (Å²) in [5.41, 5.74) is 7.27. The fourth-order valence-electron chi connectivity index (χ4n) is 2.77. The molecular formula is C14H20FNO. The van der Waals surface area contributed by atoms with Gasteiger partial charge in [-0.15, -0.1) is 0 Å². The molecule has 0 spiro atoms. The topological polar surface area (TPSA) is 35.2 Å². The van der Waals surface area contributed by atoms with Gasteiger partial charge in [0.1, 0.15) is 0 Å². The fraction of sp³-hybridized carbons (Fsp3) is 0.571. The summed E-state index contributed by atoms with van der Waals surface area (Å²) in [5.74, 6) is -0.0560. The van der Waals surface area contributed by atoms with Gasteiger partial charge in [-0.3, -0.25) is 0 Å². The summed E-state index contributed by atoms with van der Waals surface area (Å²) in [6.07, 6.45) is 4.70. The molecule has 0 aromatic heterocycles. The van der Waals surface area contributed by atoms with Gasteiger partial charge < -0.3 is 10.5 Å². The Morgan fingerprint density at radius 3 is 2.53 bits per heavy atom. The third-order valence-electron chi connectivity index (χ3n) is 4.03. The second-order valence-electron chi connectivity index (χ2n) is 5.23. The summed E-state index contributed by atoms with van der Waals surface area (Å²) in [4.78, 5) is 0. The van der Waals surface area contributed by atoms with Gasteiger partial charge in [-0.1, -0.05) is 25.8 Å². The van der Waals surface area contributed by atoms with Gasteiger partial charge in [0.25, 0.3) is 0 Å². The first-order chi connectivity index (χ1) is 8.07. The number of nitrogens with two attached hydrogens (primary N) is 1. The van der Waals surface area contributed by atoms with Gasteiger partial charge in [0.2, 0.25) is 0 Å². The highest BCUT2D eigenvalue weighted by Gasteiger charge is 2.35. The van der Waals surface area contributed by atoms with Crippen LogP contribution in [0.25, 0.3) is 0 Å². The number of methoxy groups -OCH3 is 1. The van der Waals surface area contributed by atoms with Crippen LogP contribution in [0.3, 0.4) is 0 Å². The molecule has 2 N–H and O–H groups in total. The van der Waals surface area contributed by atoms with E-state index in [1.165, 1.54) is 26.0 Å². The first-order valence-corrected chi connectivity index (χ1v) is 6.16. The monoisotopic (exact) mass is 237 g/mol. The van der Waals surface area contributed by atoms with Gasteiger partial charge in [-0.05, 0) is 36.0 Å². The molecule has 0 heterocycles. The molecular weight excluding hydrogens is 217 g/mol. The summed E-state index contributed by atoms with van der Waals surface area (Å²) in [6.45, 7) is 2.20. The SMILES string of the molecule is COc1ccc(C(N)C2(C)CCCC2)cc1F. The molecule has 0 saturated heterocycles. The second kappa shape index (κ2) is 4.65. The van der Waals surface area contributed by atoms with E-state index in [1.54, 1.807) is 6.07 Å². The normalized spacial score (nSPS) is 20.2. The van der Waals surface area contributed by atoms with Crippen LogP contribution in [0, 0.1) is 11.2 Å². The lowest BCUT2D eigenvalue weighted by molar-refractivity contribution is 0.264. The maximum Gasteiger partial charge on any atom is 0.165 e. The zero-order valence-electron chi connectivity index (χ0n) is 10.5. The largest absolute Gasteiger partial charge is 0.494 e. The Hall–Kier alpha value is -1.09. The van der Waals surface area contributed by atoms with Crippen molar-refractivity contribution in [1.82, 2.24) is 0 Å². The number of benzene rings is 1.